The first kappa shape index (κ1) is 14.5. The van der Waals surface area contributed by atoms with E-state index < -0.39 is 6.04 Å². The minimum absolute atomic E-state index is 0.0902. The molecule has 0 fully saturated rings. The predicted molar refractivity (Wildman–Crippen MR) is 72.2 cm³/mol. The first-order valence-electron chi connectivity index (χ1n) is 6.29. The molecule has 4 nitrogen and oxygen atoms in total. The van der Waals surface area contributed by atoms with E-state index in [1.54, 1.807) is 24.1 Å². The number of rotatable bonds is 5. The molecule has 100 valence electrons. The number of phenolic OH excluding ortho intramolecular Hbond substituents is 1. The van der Waals surface area contributed by atoms with Gasteiger partial charge in [0.1, 0.15) is 5.75 Å². The van der Waals surface area contributed by atoms with Gasteiger partial charge in [-0.05, 0) is 19.4 Å². The van der Waals surface area contributed by atoms with Crippen molar-refractivity contribution in [2.45, 2.75) is 38.8 Å². The molecule has 18 heavy (non-hydrogen) atoms. The second-order valence-electron chi connectivity index (χ2n) is 4.58. The smallest absolute Gasteiger partial charge is 0.239 e. The lowest BCUT2D eigenvalue weighted by Gasteiger charge is -2.28. The molecular weight excluding hydrogens is 228 g/mol. The molecule has 0 aliphatic rings. The average molecular weight is 250 g/mol. The summed E-state index contributed by atoms with van der Waals surface area (Å²) in [6.45, 7) is 3.88. The number of likely N-dealkylation sites (N-methyl/N-ethyl adjacent to an activating group) is 1. The molecule has 0 aliphatic carbocycles. The van der Waals surface area contributed by atoms with Gasteiger partial charge in [-0.3, -0.25) is 4.79 Å². The third-order valence-electron chi connectivity index (χ3n) is 3.23. The highest BCUT2D eigenvalue weighted by Gasteiger charge is 2.23. The van der Waals surface area contributed by atoms with Gasteiger partial charge in [0.25, 0.3) is 0 Å². The molecule has 3 N–H and O–H groups in total. The van der Waals surface area contributed by atoms with Gasteiger partial charge < -0.3 is 15.7 Å². The maximum Gasteiger partial charge on any atom is 0.239 e. The molecule has 1 aromatic carbocycles. The van der Waals surface area contributed by atoms with Crippen molar-refractivity contribution in [2.24, 2.45) is 5.73 Å². The molecular formula is C14H22N2O2. The minimum atomic E-state index is -0.465. The van der Waals surface area contributed by atoms with Crippen molar-refractivity contribution in [1.82, 2.24) is 4.90 Å². The van der Waals surface area contributed by atoms with E-state index in [9.17, 15) is 9.90 Å². The van der Waals surface area contributed by atoms with E-state index >= 15 is 0 Å². The van der Waals surface area contributed by atoms with E-state index in [4.69, 9.17) is 5.73 Å². The summed E-state index contributed by atoms with van der Waals surface area (Å²) in [5.74, 6) is 0.112. The van der Waals surface area contributed by atoms with Gasteiger partial charge in [-0.2, -0.15) is 0 Å². The van der Waals surface area contributed by atoms with Crippen molar-refractivity contribution in [3.8, 4) is 5.75 Å². The van der Waals surface area contributed by atoms with Crippen LogP contribution in [-0.2, 0) is 4.79 Å². The average Bonchev–Trinajstić information content (AvgIpc) is 2.37. The fraction of sp³-hybridized carbons (Fsp3) is 0.500. The lowest BCUT2D eigenvalue weighted by molar-refractivity contribution is -0.133. The lowest BCUT2D eigenvalue weighted by Crippen LogP contribution is -2.42. The van der Waals surface area contributed by atoms with Crippen LogP contribution in [0.15, 0.2) is 24.3 Å². The molecule has 1 rings (SSSR count). The zero-order valence-corrected chi connectivity index (χ0v) is 11.3. The van der Waals surface area contributed by atoms with Crippen LogP contribution in [0.25, 0.3) is 0 Å². The Bertz CT molecular complexity index is 407. The van der Waals surface area contributed by atoms with Crippen LogP contribution in [0.2, 0.25) is 0 Å². The Hall–Kier alpha value is -1.55. The quantitative estimate of drug-likeness (QED) is 0.840. The third-order valence-corrected chi connectivity index (χ3v) is 3.23. The number of carbonyl (C=O) groups is 1. The minimum Gasteiger partial charge on any atom is -0.508 e. The molecule has 0 saturated heterocycles. The summed E-state index contributed by atoms with van der Waals surface area (Å²) in [7, 11) is 1.72. The van der Waals surface area contributed by atoms with Crippen molar-refractivity contribution in [1.29, 1.82) is 0 Å². The lowest BCUT2D eigenvalue weighted by atomic mass is 10.0. The zero-order chi connectivity index (χ0) is 13.7. The van der Waals surface area contributed by atoms with Crippen LogP contribution in [0.5, 0.6) is 5.75 Å². The Morgan fingerprint density at radius 2 is 2.06 bits per heavy atom. The van der Waals surface area contributed by atoms with Gasteiger partial charge in [0.15, 0.2) is 0 Å². The first-order valence-corrected chi connectivity index (χ1v) is 6.29. The fourth-order valence-electron chi connectivity index (χ4n) is 1.94. The van der Waals surface area contributed by atoms with E-state index in [-0.39, 0.29) is 17.7 Å². The molecule has 0 heterocycles. The second kappa shape index (κ2) is 6.40. The highest BCUT2D eigenvalue weighted by molar-refractivity contribution is 5.81. The molecule has 0 radical (unpaired) electrons. The van der Waals surface area contributed by atoms with E-state index in [2.05, 4.69) is 0 Å². The van der Waals surface area contributed by atoms with Crippen molar-refractivity contribution in [2.75, 3.05) is 7.05 Å². The topological polar surface area (TPSA) is 66.6 Å². The van der Waals surface area contributed by atoms with Crippen molar-refractivity contribution < 1.29 is 9.90 Å². The Kier molecular flexibility index (Phi) is 5.16. The summed E-state index contributed by atoms with van der Waals surface area (Å²) >= 11 is 0. The van der Waals surface area contributed by atoms with E-state index in [1.165, 1.54) is 0 Å². The van der Waals surface area contributed by atoms with E-state index in [0.29, 0.717) is 6.42 Å². The maximum atomic E-state index is 12.1. The van der Waals surface area contributed by atoms with Crippen molar-refractivity contribution in [3.63, 3.8) is 0 Å². The predicted octanol–water partition coefficient (Wildman–Crippen LogP) is 2.04. The summed E-state index contributed by atoms with van der Waals surface area (Å²) < 4.78 is 0. The fourth-order valence-corrected chi connectivity index (χ4v) is 1.94. The highest BCUT2D eigenvalue weighted by Crippen LogP contribution is 2.27. The van der Waals surface area contributed by atoms with Gasteiger partial charge in [0, 0.05) is 12.6 Å². The zero-order valence-electron chi connectivity index (χ0n) is 11.3. The van der Waals surface area contributed by atoms with Crippen LogP contribution >= 0.6 is 0 Å². The highest BCUT2D eigenvalue weighted by atomic mass is 16.3. The summed E-state index contributed by atoms with van der Waals surface area (Å²) in [5, 5.41) is 9.78. The number of benzene rings is 1. The molecule has 1 amide bonds. The number of phenols is 1. The van der Waals surface area contributed by atoms with Crippen LogP contribution in [-0.4, -0.2) is 29.0 Å². The molecule has 0 bridgehead atoms. The largest absolute Gasteiger partial charge is 0.508 e. The van der Waals surface area contributed by atoms with Gasteiger partial charge >= 0.3 is 0 Å². The van der Waals surface area contributed by atoms with Crippen molar-refractivity contribution in [3.05, 3.63) is 29.8 Å². The Labute approximate surface area is 108 Å². The van der Waals surface area contributed by atoms with Crippen LogP contribution < -0.4 is 5.73 Å². The number of nitrogens with two attached hydrogens (primary N) is 1. The Morgan fingerprint density at radius 3 is 2.61 bits per heavy atom. The number of hydrogen-bond acceptors (Lipinski definition) is 3. The van der Waals surface area contributed by atoms with Crippen molar-refractivity contribution >= 4 is 5.91 Å². The number of hydrogen-bond donors (Lipinski definition) is 2. The molecule has 0 spiro atoms. The summed E-state index contributed by atoms with van der Waals surface area (Å²) in [4.78, 5) is 13.7. The number of amides is 1. The van der Waals surface area contributed by atoms with Gasteiger partial charge in [0.05, 0.1) is 12.1 Å². The number of para-hydroxylation sites is 1. The normalized spacial score (nSPS) is 14.0. The van der Waals surface area contributed by atoms with Crippen LogP contribution in [0, 0.1) is 0 Å². The van der Waals surface area contributed by atoms with Crippen LogP contribution in [0.1, 0.15) is 38.3 Å². The monoisotopic (exact) mass is 250 g/mol. The van der Waals surface area contributed by atoms with E-state index in [0.717, 1.165) is 12.0 Å². The summed E-state index contributed by atoms with van der Waals surface area (Å²) in [5.41, 5.74) is 6.56. The Morgan fingerprint density at radius 1 is 1.44 bits per heavy atom. The number of carbonyl (C=O) groups excluding carboxylic acids is 1. The Balaban J connectivity index is 2.81. The standard InChI is InChI=1S/C14H22N2O2/c1-4-7-12(15)14(18)16(3)10(2)11-8-5-6-9-13(11)17/h5-6,8-10,12,17H,4,7,15H2,1-3H3/t10?,12-/m0/s1. The summed E-state index contributed by atoms with van der Waals surface area (Å²) in [6.07, 6.45) is 1.56. The molecule has 4 heteroatoms. The molecule has 0 saturated carbocycles. The SMILES string of the molecule is CCC[C@H](N)C(=O)N(C)C(C)c1ccccc1O. The molecule has 1 aromatic rings. The second-order valence-corrected chi connectivity index (χ2v) is 4.58. The third kappa shape index (κ3) is 3.23. The summed E-state index contributed by atoms with van der Waals surface area (Å²) in [6, 6.07) is 6.38. The van der Waals surface area contributed by atoms with Crippen LogP contribution in [0.3, 0.4) is 0 Å². The molecule has 1 unspecified atom stereocenters. The maximum absolute atomic E-state index is 12.1. The van der Waals surface area contributed by atoms with E-state index in [1.807, 2.05) is 26.0 Å². The van der Waals surface area contributed by atoms with Gasteiger partial charge in [-0.15, -0.1) is 0 Å². The molecule has 0 aliphatic heterocycles. The molecule has 2 atom stereocenters. The molecule has 0 aromatic heterocycles. The van der Waals surface area contributed by atoms with Gasteiger partial charge in [-0.25, -0.2) is 0 Å². The number of aromatic hydroxyl groups is 1. The van der Waals surface area contributed by atoms with Crippen LogP contribution in [0.4, 0.5) is 0 Å². The first-order chi connectivity index (χ1) is 8.49. The van der Waals surface area contributed by atoms with Gasteiger partial charge in [0.2, 0.25) is 5.91 Å². The van der Waals surface area contributed by atoms with Gasteiger partial charge in [-0.1, -0.05) is 31.5 Å². The number of nitrogens with zero attached hydrogens (tertiary/aromatic N) is 1.